The average molecular weight is 402 g/mol. The Morgan fingerprint density at radius 2 is 2.03 bits per heavy atom. The van der Waals surface area contributed by atoms with Gasteiger partial charge in [0.25, 0.3) is 0 Å². The van der Waals surface area contributed by atoms with Gasteiger partial charge in [0.15, 0.2) is 0 Å². The predicted molar refractivity (Wildman–Crippen MR) is 114 cm³/mol. The first-order chi connectivity index (χ1) is 13.6. The molecule has 0 bridgehead atoms. The lowest BCUT2D eigenvalue weighted by atomic mass is 9.85. The lowest BCUT2D eigenvalue weighted by Crippen LogP contribution is -2.43. The Morgan fingerprint density at radius 3 is 2.59 bits per heavy atom. The Morgan fingerprint density at radius 1 is 1.38 bits per heavy atom. The van der Waals surface area contributed by atoms with Crippen molar-refractivity contribution >= 4 is 11.8 Å². The average Bonchev–Trinajstić information content (AvgIpc) is 2.63. The zero-order valence-electron chi connectivity index (χ0n) is 17.9. The van der Waals surface area contributed by atoms with E-state index >= 15 is 0 Å². The number of rotatable bonds is 6. The summed E-state index contributed by atoms with van der Waals surface area (Å²) in [5, 5.41) is 8.67. The first-order valence-corrected chi connectivity index (χ1v) is 10.1. The highest BCUT2D eigenvalue weighted by molar-refractivity contribution is 6.03. The van der Waals surface area contributed by atoms with Crippen LogP contribution in [0.2, 0.25) is 0 Å². The second kappa shape index (κ2) is 9.81. The summed E-state index contributed by atoms with van der Waals surface area (Å²) >= 11 is 0. The smallest absolute Gasteiger partial charge is 0.410 e. The number of pyridine rings is 1. The molecule has 1 aromatic rings. The van der Waals surface area contributed by atoms with E-state index in [4.69, 9.17) is 10.1 Å². The van der Waals surface area contributed by atoms with E-state index in [1.165, 1.54) is 12.3 Å². The number of likely N-dealkylation sites (tertiary alicyclic amines) is 1. The summed E-state index contributed by atoms with van der Waals surface area (Å²) in [6.07, 6.45) is 7.38. The number of amides is 1. The molecule has 29 heavy (non-hydrogen) atoms. The summed E-state index contributed by atoms with van der Waals surface area (Å²) in [5.74, 6) is -0.247. The number of nitrogens with zero attached hydrogens (tertiary/aromatic N) is 2. The molecule has 1 fully saturated rings. The van der Waals surface area contributed by atoms with Crippen molar-refractivity contribution in [2.45, 2.75) is 59.0 Å². The Labute approximate surface area is 173 Å². The van der Waals surface area contributed by atoms with Crippen LogP contribution in [0.4, 0.5) is 9.18 Å². The van der Waals surface area contributed by atoms with E-state index < -0.39 is 5.60 Å². The van der Waals surface area contributed by atoms with Crippen molar-refractivity contribution in [2.75, 3.05) is 13.1 Å². The molecule has 2 heterocycles. The van der Waals surface area contributed by atoms with E-state index in [9.17, 15) is 9.18 Å². The van der Waals surface area contributed by atoms with Crippen LogP contribution in [-0.2, 0) is 11.2 Å². The van der Waals surface area contributed by atoms with Crippen molar-refractivity contribution in [3.63, 3.8) is 0 Å². The maximum absolute atomic E-state index is 13.3. The summed E-state index contributed by atoms with van der Waals surface area (Å²) in [6.45, 7) is 12.7. The van der Waals surface area contributed by atoms with Crippen LogP contribution in [0.5, 0.6) is 0 Å². The molecule has 1 saturated heterocycles. The molecule has 1 aromatic heterocycles. The molecule has 0 spiro atoms. The van der Waals surface area contributed by atoms with Crippen molar-refractivity contribution in [1.29, 1.82) is 5.41 Å². The predicted octanol–water partition coefficient (Wildman–Crippen LogP) is 5.32. The minimum absolute atomic E-state index is 0.0903. The van der Waals surface area contributed by atoms with Crippen LogP contribution in [0.1, 0.15) is 52.5 Å². The molecule has 0 aliphatic carbocycles. The van der Waals surface area contributed by atoms with Crippen molar-refractivity contribution in [3.8, 4) is 0 Å². The van der Waals surface area contributed by atoms with Gasteiger partial charge in [-0.15, -0.1) is 0 Å². The van der Waals surface area contributed by atoms with E-state index in [1.54, 1.807) is 11.1 Å². The lowest BCUT2D eigenvalue weighted by Gasteiger charge is -2.34. The maximum Gasteiger partial charge on any atom is 0.410 e. The SMILES string of the molecule is C=C(C)C(=CCCc1cncc(F)c1)C(=N)C1CCN(C(=O)OC(C)(C)C)CC1. The number of ether oxygens (including phenoxy) is 1. The number of nitrogens with one attached hydrogen (secondary N) is 1. The number of aryl methyl sites for hydroxylation is 1. The molecule has 6 heteroatoms. The van der Waals surface area contributed by atoms with Gasteiger partial charge in [-0.05, 0) is 76.2 Å². The number of hydrogen-bond donors (Lipinski definition) is 1. The molecule has 0 saturated carbocycles. The number of allylic oxidation sites excluding steroid dienone is 3. The zero-order chi connectivity index (χ0) is 21.6. The molecule has 158 valence electrons. The van der Waals surface area contributed by atoms with Crippen molar-refractivity contribution in [2.24, 2.45) is 5.92 Å². The fourth-order valence-corrected chi connectivity index (χ4v) is 3.39. The van der Waals surface area contributed by atoms with Gasteiger partial charge in [-0.25, -0.2) is 9.18 Å². The Kier molecular flexibility index (Phi) is 7.71. The molecule has 0 radical (unpaired) electrons. The highest BCUT2D eigenvalue weighted by Gasteiger charge is 2.29. The minimum atomic E-state index is -0.506. The molecule has 1 aliphatic rings. The van der Waals surface area contributed by atoms with Gasteiger partial charge >= 0.3 is 6.09 Å². The van der Waals surface area contributed by atoms with E-state index in [0.29, 0.717) is 31.6 Å². The third-order valence-corrected chi connectivity index (χ3v) is 4.85. The first-order valence-electron chi connectivity index (χ1n) is 10.1. The van der Waals surface area contributed by atoms with E-state index in [0.717, 1.165) is 29.6 Å². The highest BCUT2D eigenvalue weighted by Crippen LogP contribution is 2.26. The van der Waals surface area contributed by atoms with Gasteiger partial charge in [0, 0.05) is 30.9 Å². The minimum Gasteiger partial charge on any atom is -0.444 e. The van der Waals surface area contributed by atoms with Crippen molar-refractivity contribution in [3.05, 3.63) is 53.6 Å². The van der Waals surface area contributed by atoms with Gasteiger partial charge in [-0.1, -0.05) is 12.7 Å². The summed E-state index contributed by atoms with van der Waals surface area (Å²) in [6, 6.07) is 1.49. The number of carbonyl (C=O) groups is 1. The lowest BCUT2D eigenvalue weighted by molar-refractivity contribution is 0.0201. The van der Waals surface area contributed by atoms with E-state index in [2.05, 4.69) is 11.6 Å². The van der Waals surface area contributed by atoms with Gasteiger partial charge < -0.3 is 15.0 Å². The quantitative estimate of drug-likeness (QED) is 0.518. The molecule has 1 aliphatic heterocycles. The number of aromatic nitrogens is 1. The Balaban J connectivity index is 1.94. The molecule has 2 rings (SSSR count). The van der Waals surface area contributed by atoms with Gasteiger partial charge in [0.2, 0.25) is 0 Å². The number of hydrogen-bond acceptors (Lipinski definition) is 4. The third-order valence-electron chi connectivity index (χ3n) is 4.85. The maximum atomic E-state index is 13.3. The van der Waals surface area contributed by atoms with E-state index in [1.807, 2.05) is 33.8 Å². The molecule has 0 unspecified atom stereocenters. The zero-order valence-corrected chi connectivity index (χ0v) is 17.9. The summed E-state index contributed by atoms with van der Waals surface area (Å²) in [7, 11) is 0. The van der Waals surface area contributed by atoms with Crippen molar-refractivity contribution < 1.29 is 13.9 Å². The summed E-state index contributed by atoms with van der Waals surface area (Å²) in [5.41, 5.74) is 2.60. The Hall–Kier alpha value is -2.50. The molecule has 0 aromatic carbocycles. The summed E-state index contributed by atoms with van der Waals surface area (Å²) in [4.78, 5) is 17.8. The molecule has 1 amide bonds. The largest absolute Gasteiger partial charge is 0.444 e. The van der Waals surface area contributed by atoms with Crippen LogP contribution in [0, 0.1) is 17.1 Å². The van der Waals surface area contributed by atoms with Crippen molar-refractivity contribution in [1.82, 2.24) is 9.88 Å². The molecule has 0 atom stereocenters. The molecular formula is C23H32FN3O2. The third kappa shape index (κ3) is 7.11. The fraction of sp³-hybridized carbons (Fsp3) is 0.522. The van der Waals surface area contributed by atoms with Crippen LogP contribution in [0.3, 0.4) is 0 Å². The number of halogens is 1. The normalized spacial score (nSPS) is 15.9. The molecular weight excluding hydrogens is 369 g/mol. The van der Waals surface area contributed by atoms with Crippen LogP contribution in [-0.4, -0.2) is 40.4 Å². The molecule has 5 nitrogen and oxygen atoms in total. The summed E-state index contributed by atoms with van der Waals surface area (Å²) < 4.78 is 18.7. The monoisotopic (exact) mass is 401 g/mol. The van der Waals surface area contributed by atoms with Gasteiger partial charge in [0.1, 0.15) is 11.4 Å². The highest BCUT2D eigenvalue weighted by atomic mass is 19.1. The molecule has 1 N–H and O–H groups in total. The topological polar surface area (TPSA) is 66.3 Å². The number of piperidine rings is 1. The van der Waals surface area contributed by atoms with Crippen LogP contribution < -0.4 is 0 Å². The standard InChI is InChI=1S/C23H32FN3O2/c1-16(2)20(8-6-7-17-13-19(24)15-26-14-17)21(25)18-9-11-27(12-10-18)22(28)29-23(3,4)5/h8,13-15,18,25H,1,6-7,9-12H2,2-5H3. The second-order valence-corrected chi connectivity index (χ2v) is 8.60. The van der Waals surface area contributed by atoms with Crippen LogP contribution >= 0.6 is 0 Å². The second-order valence-electron chi connectivity index (χ2n) is 8.60. The fourth-order valence-electron chi connectivity index (χ4n) is 3.39. The van der Waals surface area contributed by atoms with Gasteiger partial charge in [0.05, 0.1) is 6.20 Å². The van der Waals surface area contributed by atoms with Gasteiger partial charge in [-0.3, -0.25) is 4.98 Å². The Bertz CT molecular complexity index is 788. The van der Waals surface area contributed by atoms with Gasteiger partial charge in [-0.2, -0.15) is 0 Å². The number of carbonyl (C=O) groups excluding carboxylic acids is 1. The van der Waals surface area contributed by atoms with E-state index in [-0.39, 0.29) is 17.8 Å². The van der Waals surface area contributed by atoms with Crippen LogP contribution in [0.15, 0.2) is 42.3 Å². The first kappa shape index (κ1) is 22.8. The van der Waals surface area contributed by atoms with Crippen LogP contribution in [0.25, 0.3) is 0 Å².